The summed E-state index contributed by atoms with van der Waals surface area (Å²) in [6.45, 7) is 2.10. The molecule has 0 radical (unpaired) electrons. The van der Waals surface area contributed by atoms with E-state index in [-0.39, 0.29) is 34.9 Å². The normalized spacial score (nSPS) is 52.7. The van der Waals surface area contributed by atoms with Crippen LogP contribution in [0.25, 0.3) is 0 Å². The number of carbonyl (C=O) groups excluding carboxylic acids is 2. The number of hydrogen-bond donors (Lipinski definition) is 2. The first-order valence-corrected chi connectivity index (χ1v) is 9.38. The van der Waals surface area contributed by atoms with Gasteiger partial charge < -0.3 is 10.2 Å². The Kier molecular flexibility index (Phi) is 3.51. The summed E-state index contributed by atoms with van der Waals surface area (Å²) in [5, 5.41) is 22.3. The number of aliphatic hydroxyl groups is 2. The quantitative estimate of drug-likeness (QED) is 0.777. The van der Waals surface area contributed by atoms with Gasteiger partial charge in [0.1, 0.15) is 11.6 Å². The van der Waals surface area contributed by atoms with Crippen molar-refractivity contribution < 1.29 is 19.8 Å². The first kappa shape index (κ1) is 15.8. The van der Waals surface area contributed by atoms with Crippen LogP contribution in [0.3, 0.4) is 0 Å². The highest BCUT2D eigenvalue weighted by molar-refractivity contribution is 5.87. The molecule has 23 heavy (non-hydrogen) atoms. The second kappa shape index (κ2) is 5.13. The Morgan fingerprint density at radius 3 is 2.65 bits per heavy atom. The van der Waals surface area contributed by atoms with Crippen LogP contribution in [0.4, 0.5) is 0 Å². The van der Waals surface area contributed by atoms with Gasteiger partial charge in [0.05, 0.1) is 11.7 Å². The van der Waals surface area contributed by atoms with Crippen molar-refractivity contribution >= 4 is 11.6 Å². The molecule has 0 bridgehead atoms. The highest BCUT2D eigenvalue weighted by Gasteiger charge is 2.64. The summed E-state index contributed by atoms with van der Waals surface area (Å²) in [6.07, 6.45) is 5.50. The Balaban J connectivity index is 1.70. The van der Waals surface area contributed by atoms with Gasteiger partial charge in [0.2, 0.25) is 0 Å². The van der Waals surface area contributed by atoms with E-state index in [4.69, 9.17) is 0 Å². The van der Waals surface area contributed by atoms with Gasteiger partial charge in [-0.25, -0.2) is 0 Å². The minimum atomic E-state index is -0.802. The SMILES string of the molecule is CC[C@]12CC[C@H]3[C@@H]([C@@H](O)CC4CC(=O)CC[C@@]43O)[C@@H]1CCC2=O. The zero-order chi connectivity index (χ0) is 16.4. The molecule has 4 saturated carbocycles. The standard InChI is InChI=1S/C19H28O4/c1-2-18-7-6-14-17(13(18)3-4-16(18)22)15(21)10-11-9-12(20)5-8-19(11,14)23/h11,13-15,17,21,23H,2-10H2,1H3/t11?,13-,14-,15-,17-,18-,19+/m0/s1. The van der Waals surface area contributed by atoms with E-state index in [2.05, 4.69) is 6.92 Å². The maximum Gasteiger partial charge on any atom is 0.139 e. The zero-order valence-corrected chi connectivity index (χ0v) is 14.0. The van der Waals surface area contributed by atoms with E-state index in [9.17, 15) is 19.8 Å². The van der Waals surface area contributed by atoms with Gasteiger partial charge in [-0.15, -0.1) is 0 Å². The molecule has 128 valence electrons. The molecule has 1 unspecified atom stereocenters. The van der Waals surface area contributed by atoms with Crippen LogP contribution in [-0.4, -0.2) is 33.5 Å². The third-order valence-corrected chi connectivity index (χ3v) is 8.01. The summed E-state index contributed by atoms with van der Waals surface area (Å²) >= 11 is 0. The lowest BCUT2D eigenvalue weighted by Crippen LogP contribution is -2.63. The molecule has 0 aromatic rings. The summed E-state index contributed by atoms with van der Waals surface area (Å²) in [7, 11) is 0. The van der Waals surface area contributed by atoms with Crippen molar-refractivity contribution in [3.8, 4) is 0 Å². The fraction of sp³-hybridized carbons (Fsp3) is 0.895. The molecule has 0 aromatic carbocycles. The molecule has 4 rings (SSSR count). The van der Waals surface area contributed by atoms with Crippen LogP contribution in [-0.2, 0) is 9.59 Å². The predicted molar refractivity (Wildman–Crippen MR) is 84.6 cm³/mol. The maximum absolute atomic E-state index is 12.6. The highest BCUT2D eigenvalue weighted by atomic mass is 16.3. The highest BCUT2D eigenvalue weighted by Crippen LogP contribution is 2.63. The maximum atomic E-state index is 12.6. The Morgan fingerprint density at radius 2 is 1.91 bits per heavy atom. The fourth-order valence-electron chi connectivity index (χ4n) is 6.87. The van der Waals surface area contributed by atoms with E-state index < -0.39 is 11.7 Å². The van der Waals surface area contributed by atoms with Crippen molar-refractivity contribution in [2.24, 2.45) is 29.1 Å². The van der Waals surface area contributed by atoms with Crippen molar-refractivity contribution in [3.05, 3.63) is 0 Å². The molecule has 0 heterocycles. The lowest BCUT2D eigenvalue weighted by molar-refractivity contribution is -0.207. The third kappa shape index (κ3) is 1.97. The van der Waals surface area contributed by atoms with Gasteiger partial charge in [-0.1, -0.05) is 6.92 Å². The first-order valence-electron chi connectivity index (χ1n) is 9.38. The van der Waals surface area contributed by atoms with Gasteiger partial charge in [-0.2, -0.15) is 0 Å². The Morgan fingerprint density at radius 1 is 1.13 bits per heavy atom. The van der Waals surface area contributed by atoms with Crippen molar-refractivity contribution in [1.82, 2.24) is 0 Å². The van der Waals surface area contributed by atoms with Crippen molar-refractivity contribution in [2.45, 2.75) is 76.4 Å². The van der Waals surface area contributed by atoms with Crippen LogP contribution in [0.1, 0.15) is 64.7 Å². The Bertz CT molecular complexity index is 543. The molecule has 0 spiro atoms. The summed E-state index contributed by atoms with van der Waals surface area (Å²) < 4.78 is 0. The van der Waals surface area contributed by atoms with E-state index in [0.717, 1.165) is 25.7 Å². The number of Topliss-reactive ketones (excluding diaryl/α,β-unsaturated/α-hetero) is 2. The van der Waals surface area contributed by atoms with Gasteiger partial charge in [0.25, 0.3) is 0 Å². The number of fused-ring (bicyclic) bond motifs is 5. The van der Waals surface area contributed by atoms with Crippen LogP contribution in [0, 0.1) is 29.1 Å². The fourth-order valence-corrected chi connectivity index (χ4v) is 6.87. The molecule has 4 nitrogen and oxygen atoms in total. The number of ketones is 2. The summed E-state index contributed by atoms with van der Waals surface area (Å²) in [5.74, 6) is 0.816. The van der Waals surface area contributed by atoms with Crippen molar-refractivity contribution in [2.75, 3.05) is 0 Å². The van der Waals surface area contributed by atoms with E-state index >= 15 is 0 Å². The molecular formula is C19H28O4. The molecule has 0 saturated heterocycles. The molecule has 0 aliphatic heterocycles. The molecule has 0 aromatic heterocycles. The topological polar surface area (TPSA) is 74.6 Å². The molecular weight excluding hydrogens is 292 g/mol. The van der Waals surface area contributed by atoms with Crippen LogP contribution >= 0.6 is 0 Å². The van der Waals surface area contributed by atoms with E-state index in [1.807, 2.05) is 0 Å². The lowest BCUT2D eigenvalue weighted by atomic mass is 9.47. The number of rotatable bonds is 1. The largest absolute Gasteiger partial charge is 0.393 e. The summed E-state index contributed by atoms with van der Waals surface area (Å²) in [4.78, 5) is 24.4. The van der Waals surface area contributed by atoms with E-state index in [1.54, 1.807) is 0 Å². The van der Waals surface area contributed by atoms with E-state index in [0.29, 0.717) is 37.9 Å². The van der Waals surface area contributed by atoms with Crippen molar-refractivity contribution in [3.63, 3.8) is 0 Å². The van der Waals surface area contributed by atoms with Crippen LogP contribution in [0.15, 0.2) is 0 Å². The minimum absolute atomic E-state index is 0.0320. The monoisotopic (exact) mass is 320 g/mol. The number of carbonyl (C=O) groups is 2. The average Bonchev–Trinajstić information content (AvgIpc) is 2.87. The molecule has 4 fully saturated rings. The van der Waals surface area contributed by atoms with Crippen LogP contribution < -0.4 is 0 Å². The summed E-state index contributed by atoms with van der Waals surface area (Å²) in [6, 6.07) is 0. The molecule has 7 atom stereocenters. The first-order chi connectivity index (χ1) is 10.9. The second-order valence-electron chi connectivity index (χ2n) is 8.53. The Hall–Kier alpha value is -0.740. The van der Waals surface area contributed by atoms with Gasteiger partial charge in [-0.05, 0) is 62.2 Å². The van der Waals surface area contributed by atoms with Crippen LogP contribution in [0.5, 0.6) is 0 Å². The van der Waals surface area contributed by atoms with Gasteiger partial charge in [0, 0.05) is 24.7 Å². The number of hydrogen-bond acceptors (Lipinski definition) is 4. The van der Waals surface area contributed by atoms with Gasteiger partial charge >= 0.3 is 0 Å². The second-order valence-corrected chi connectivity index (χ2v) is 8.53. The van der Waals surface area contributed by atoms with Crippen molar-refractivity contribution in [1.29, 1.82) is 0 Å². The van der Waals surface area contributed by atoms with Crippen LogP contribution in [0.2, 0.25) is 0 Å². The zero-order valence-electron chi connectivity index (χ0n) is 14.0. The molecule has 4 aliphatic rings. The number of aliphatic hydroxyl groups excluding tert-OH is 1. The molecule has 4 heteroatoms. The average molecular weight is 320 g/mol. The molecule has 0 amide bonds. The molecule has 4 aliphatic carbocycles. The smallest absolute Gasteiger partial charge is 0.139 e. The van der Waals surface area contributed by atoms with Gasteiger partial charge in [-0.3, -0.25) is 9.59 Å². The molecule has 2 N–H and O–H groups in total. The van der Waals surface area contributed by atoms with E-state index in [1.165, 1.54) is 0 Å². The minimum Gasteiger partial charge on any atom is -0.393 e. The summed E-state index contributed by atoms with van der Waals surface area (Å²) in [5.41, 5.74) is -1.06. The third-order valence-electron chi connectivity index (χ3n) is 8.01. The lowest BCUT2D eigenvalue weighted by Gasteiger charge is -2.59. The van der Waals surface area contributed by atoms with Gasteiger partial charge in [0.15, 0.2) is 0 Å². The predicted octanol–water partition coefficient (Wildman–Crippen LogP) is 2.25. The Labute approximate surface area is 137 Å².